The van der Waals surface area contributed by atoms with E-state index >= 15 is 0 Å². The Morgan fingerprint density at radius 1 is 1.22 bits per heavy atom. The van der Waals surface area contributed by atoms with Crippen molar-refractivity contribution in [3.8, 4) is 11.8 Å². The lowest BCUT2D eigenvalue weighted by atomic mass is 10.0. The van der Waals surface area contributed by atoms with E-state index in [4.69, 9.17) is 4.74 Å². The van der Waals surface area contributed by atoms with Gasteiger partial charge in [0.15, 0.2) is 0 Å². The molecule has 7 heteroatoms. The minimum absolute atomic E-state index is 0.651. The highest BCUT2D eigenvalue weighted by Gasteiger charge is 2.24. The van der Waals surface area contributed by atoms with Gasteiger partial charge in [0, 0.05) is 34.3 Å². The van der Waals surface area contributed by atoms with Gasteiger partial charge in [-0.05, 0) is 43.2 Å². The number of H-pyrrole nitrogens is 2. The maximum absolute atomic E-state index is 9.85. The fourth-order valence-corrected chi connectivity index (χ4v) is 4.34. The second-order valence-corrected chi connectivity index (χ2v) is 7.64. The number of nitrogens with zero attached hydrogens (tertiary/aromatic N) is 3. The number of anilines is 1. The van der Waals surface area contributed by atoms with Crippen LogP contribution in [0.25, 0.3) is 27.6 Å². The maximum atomic E-state index is 9.85. The monoisotopic (exact) mass is 423 g/mol. The first kappa shape index (κ1) is 19.6. The van der Waals surface area contributed by atoms with Gasteiger partial charge < -0.3 is 9.72 Å². The largest absolute Gasteiger partial charge is 0.497 e. The molecule has 0 bridgehead atoms. The average Bonchev–Trinajstić information content (AvgIpc) is 3.40. The Morgan fingerprint density at radius 3 is 2.84 bits per heavy atom. The molecule has 0 fully saturated rings. The number of benzene rings is 2. The molecule has 3 aromatic heterocycles. The normalized spacial score (nSPS) is 11.6. The molecule has 0 aliphatic carbocycles. The number of nitriles is 1. The van der Waals surface area contributed by atoms with Gasteiger partial charge in [-0.25, -0.2) is 0 Å². The van der Waals surface area contributed by atoms with E-state index in [0.717, 1.165) is 62.3 Å². The SMILES string of the molecule is CCc1c(C)c(C#N)c2[nH]c3ccccc3[n+]2c1NN=Cc1c[nH]c2cc(OC)ccc12. The Morgan fingerprint density at radius 2 is 2.06 bits per heavy atom. The van der Waals surface area contributed by atoms with Gasteiger partial charge >= 0.3 is 0 Å². The fourth-order valence-electron chi connectivity index (χ4n) is 4.34. The van der Waals surface area contributed by atoms with E-state index in [1.54, 1.807) is 13.3 Å². The quantitative estimate of drug-likeness (QED) is 0.219. The number of para-hydroxylation sites is 2. The summed E-state index contributed by atoms with van der Waals surface area (Å²) in [7, 11) is 1.66. The van der Waals surface area contributed by atoms with Crippen LogP contribution in [0.15, 0.2) is 53.8 Å². The smallest absolute Gasteiger partial charge is 0.253 e. The van der Waals surface area contributed by atoms with Gasteiger partial charge in [-0.1, -0.05) is 19.1 Å². The zero-order valence-corrected chi connectivity index (χ0v) is 18.2. The van der Waals surface area contributed by atoms with Crippen LogP contribution in [0.1, 0.15) is 29.2 Å². The number of aromatic nitrogens is 3. The van der Waals surface area contributed by atoms with Gasteiger partial charge in [-0.15, -0.1) is 5.10 Å². The topological polar surface area (TPSA) is 93.1 Å². The summed E-state index contributed by atoms with van der Waals surface area (Å²) in [6.07, 6.45) is 4.50. The lowest BCUT2D eigenvalue weighted by Crippen LogP contribution is -2.28. The van der Waals surface area contributed by atoms with Gasteiger partial charge in [-0.3, -0.25) is 4.98 Å². The second-order valence-electron chi connectivity index (χ2n) is 7.64. The van der Waals surface area contributed by atoms with Crippen LogP contribution < -0.4 is 14.6 Å². The molecule has 5 rings (SSSR count). The van der Waals surface area contributed by atoms with Crippen molar-refractivity contribution in [3.05, 3.63) is 70.9 Å². The summed E-state index contributed by atoms with van der Waals surface area (Å²) in [6, 6.07) is 16.3. The number of ether oxygens (including phenoxy) is 1. The highest BCUT2D eigenvalue weighted by Crippen LogP contribution is 2.26. The molecule has 0 amide bonds. The molecule has 0 aliphatic rings. The van der Waals surface area contributed by atoms with Gasteiger partial charge in [0.05, 0.1) is 13.3 Å². The number of methoxy groups -OCH3 is 1. The first-order chi connectivity index (χ1) is 15.7. The molecule has 0 unspecified atom stereocenters. The lowest BCUT2D eigenvalue weighted by molar-refractivity contribution is -0.465. The van der Waals surface area contributed by atoms with Gasteiger partial charge in [0.25, 0.3) is 5.82 Å². The molecule has 0 saturated carbocycles. The minimum Gasteiger partial charge on any atom is -0.497 e. The summed E-state index contributed by atoms with van der Waals surface area (Å²) in [5.74, 6) is 1.66. The number of hydrazone groups is 1. The number of pyridine rings is 1. The first-order valence-corrected chi connectivity index (χ1v) is 10.5. The van der Waals surface area contributed by atoms with E-state index in [9.17, 15) is 5.26 Å². The van der Waals surface area contributed by atoms with E-state index in [1.807, 2.05) is 55.6 Å². The van der Waals surface area contributed by atoms with Crippen LogP contribution in [-0.4, -0.2) is 23.3 Å². The molecule has 0 radical (unpaired) electrons. The van der Waals surface area contributed by atoms with Crippen LogP contribution in [0.3, 0.4) is 0 Å². The van der Waals surface area contributed by atoms with E-state index < -0.39 is 0 Å². The highest BCUT2D eigenvalue weighted by molar-refractivity contribution is 5.99. The third-order valence-corrected chi connectivity index (χ3v) is 5.96. The Bertz CT molecular complexity index is 1550. The molecule has 3 heterocycles. The van der Waals surface area contributed by atoms with Crippen molar-refractivity contribution in [1.29, 1.82) is 5.26 Å². The Balaban J connectivity index is 1.63. The molecule has 32 heavy (non-hydrogen) atoms. The van der Waals surface area contributed by atoms with Crippen LogP contribution >= 0.6 is 0 Å². The number of fused-ring (bicyclic) bond motifs is 4. The molecule has 5 aromatic rings. The minimum atomic E-state index is 0.651. The van der Waals surface area contributed by atoms with Crippen LogP contribution in [0.2, 0.25) is 0 Å². The van der Waals surface area contributed by atoms with Crippen LogP contribution in [0.4, 0.5) is 5.82 Å². The van der Waals surface area contributed by atoms with Crippen LogP contribution in [0, 0.1) is 18.3 Å². The molecular weight excluding hydrogens is 400 g/mol. The Hall–Kier alpha value is -4.31. The number of rotatable bonds is 5. The van der Waals surface area contributed by atoms with Crippen molar-refractivity contribution in [2.75, 3.05) is 12.5 Å². The van der Waals surface area contributed by atoms with Gasteiger partial charge in [0.1, 0.15) is 28.4 Å². The first-order valence-electron chi connectivity index (χ1n) is 10.5. The van der Waals surface area contributed by atoms with Gasteiger partial charge in [-0.2, -0.15) is 15.1 Å². The van der Waals surface area contributed by atoms with E-state index in [2.05, 4.69) is 37.9 Å². The predicted molar refractivity (Wildman–Crippen MR) is 126 cm³/mol. The van der Waals surface area contributed by atoms with Crippen molar-refractivity contribution >= 4 is 39.6 Å². The summed E-state index contributed by atoms with van der Waals surface area (Å²) in [6.45, 7) is 4.08. The van der Waals surface area contributed by atoms with E-state index in [0.29, 0.717) is 5.56 Å². The third-order valence-electron chi connectivity index (χ3n) is 5.96. The van der Waals surface area contributed by atoms with Crippen molar-refractivity contribution in [3.63, 3.8) is 0 Å². The lowest BCUT2D eigenvalue weighted by Gasteiger charge is -2.10. The van der Waals surface area contributed by atoms with Crippen molar-refractivity contribution in [1.82, 2.24) is 9.97 Å². The zero-order valence-electron chi connectivity index (χ0n) is 18.2. The molecule has 2 aromatic carbocycles. The van der Waals surface area contributed by atoms with E-state index in [1.165, 1.54) is 0 Å². The molecule has 158 valence electrons. The Labute approximate surface area is 185 Å². The number of hydrogen-bond donors (Lipinski definition) is 3. The molecule has 0 saturated heterocycles. The second kappa shape index (κ2) is 7.75. The highest BCUT2D eigenvalue weighted by atomic mass is 16.5. The summed E-state index contributed by atoms with van der Waals surface area (Å²) in [5.41, 5.74) is 10.6. The van der Waals surface area contributed by atoms with Crippen molar-refractivity contribution < 1.29 is 9.14 Å². The number of nitrogens with one attached hydrogen (secondary N) is 3. The molecule has 0 spiro atoms. The van der Waals surface area contributed by atoms with Gasteiger partial charge in [0.2, 0.25) is 5.65 Å². The third kappa shape index (κ3) is 2.96. The zero-order chi connectivity index (χ0) is 22.2. The summed E-state index contributed by atoms with van der Waals surface area (Å²) < 4.78 is 7.35. The number of imidazole rings is 1. The van der Waals surface area contributed by atoms with Crippen molar-refractivity contribution in [2.45, 2.75) is 20.3 Å². The maximum Gasteiger partial charge on any atom is 0.253 e. The number of aromatic amines is 2. The van der Waals surface area contributed by atoms with Crippen LogP contribution in [-0.2, 0) is 6.42 Å². The molecule has 3 N–H and O–H groups in total. The molecule has 0 aliphatic heterocycles. The molecular formula is C25H23N6O+. The average molecular weight is 424 g/mol. The predicted octanol–water partition coefficient (Wildman–Crippen LogP) is 4.59. The van der Waals surface area contributed by atoms with Crippen molar-refractivity contribution in [2.24, 2.45) is 5.10 Å². The number of hydrogen-bond acceptors (Lipinski definition) is 4. The molecule has 7 nitrogen and oxygen atoms in total. The van der Waals surface area contributed by atoms with Crippen LogP contribution in [0.5, 0.6) is 5.75 Å². The summed E-state index contributed by atoms with van der Waals surface area (Å²) in [5, 5.41) is 15.5. The van der Waals surface area contributed by atoms with E-state index in [-0.39, 0.29) is 0 Å². The summed E-state index contributed by atoms with van der Waals surface area (Å²) in [4.78, 5) is 6.66. The molecule has 0 atom stereocenters. The summed E-state index contributed by atoms with van der Waals surface area (Å²) >= 11 is 0. The standard InChI is InChI=1S/C25H22N6O/c1-4-18-15(2)20(12-26)24-29-21-7-5-6-8-23(21)31(24)25(18)30-28-14-16-13-27-22-11-17(32-3)9-10-19(16)22/h5-11,13-14H,4H2,1-3H3,(H2,27,28,29,30)/p+1. The fraction of sp³-hybridized carbons (Fsp3) is 0.160. The Kier molecular flexibility index (Phi) is 4.75.